The number of halogens is 1. The van der Waals surface area contributed by atoms with Crippen LogP contribution in [0.3, 0.4) is 0 Å². The average Bonchev–Trinajstić information content (AvgIpc) is 3.30. The van der Waals surface area contributed by atoms with Crippen molar-refractivity contribution >= 4 is 50.2 Å². The predicted molar refractivity (Wildman–Crippen MR) is 107 cm³/mol. The summed E-state index contributed by atoms with van der Waals surface area (Å²) in [5.41, 5.74) is 0.827. The van der Waals surface area contributed by atoms with Crippen LogP contribution in [0, 0.1) is 0 Å². The molecule has 1 aliphatic heterocycles. The monoisotopic (exact) mass is 436 g/mol. The summed E-state index contributed by atoms with van der Waals surface area (Å²) in [5, 5.41) is 2.73. The quantitative estimate of drug-likeness (QED) is 0.625. The van der Waals surface area contributed by atoms with Crippen molar-refractivity contribution in [2.75, 3.05) is 16.8 Å². The minimum absolute atomic E-state index is 0.0588. The number of thiophene rings is 1. The number of benzene rings is 2. The number of rotatable bonds is 5. The standard InChI is InChI=1S/C18H13ClN2O5S2/c19-16-7-8-17(27-16)28(23,24)21-13-4-2-1-3-12(13)18(22)20-11-5-6-14-15(9-11)26-10-25-14/h1-9,21H,10H2,(H,20,22). The summed E-state index contributed by atoms with van der Waals surface area (Å²) >= 11 is 6.76. The van der Waals surface area contributed by atoms with E-state index in [0.717, 1.165) is 11.3 Å². The van der Waals surface area contributed by atoms with Gasteiger partial charge in [0.05, 0.1) is 15.6 Å². The zero-order valence-corrected chi connectivity index (χ0v) is 16.5. The number of amides is 1. The maximum absolute atomic E-state index is 12.7. The summed E-state index contributed by atoms with van der Waals surface area (Å²) in [6.45, 7) is 0.129. The molecule has 28 heavy (non-hydrogen) atoms. The summed E-state index contributed by atoms with van der Waals surface area (Å²) < 4.78 is 38.5. The summed E-state index contributed by atoms with van der Waals surface area (Å²) in [7, 11) is -3.86. The smallest absolute Gasteiger partial charge is 0.271 e. The van der Waals surface area contributed by atoms with Gasteiger partial charge in [-0.3, -0.25) is 9.52 Å². The van der Waals surface area contributed by atoms with Crippen molar-refractivity contribution in [1.29, 1.82) is 0 Å². The van der Waals surface area contributed by atoms with Crippen molar-refractivity contribution in [2.45, 2.75) is 4.21 Å². The van der Waals surface area contributed by atoms with Gasteiger partial charge in [-0.1, -0.05) is 23.7 Å². The fourth-order valence-electron chi connectivity index (χ4n) is 2.58. The fourth-order valence-corrected chi connectivity index (χ4v) is 5.14. The lowest BCUT2D eigenvalue weighted by atomic mass is 10.1. The molecule has 0 spiro atoms. The Bertz CT molecular complexity index is 1160. The normalized spacial score (nSPS) is 12.6. The zero-order valence-electron chi connectivity index (χ0n) is 14.1. The number of ether oxygens (including phenoxy) is 2. The van der Waals surface area contributed by atoms with Crippen molar-refractivity contribution in [3.63, 3.8) is 0 Å². The average molecular weight is 437 g/mol. The van der Waals surface area contributed by atoms with Gasteiger partial charge in [0.1, 0.15) is 4.21 Å². The molecule has 1 aliphatic rings. The Hall–Kier alpha value is -2.75. The molecular formula is C18H13ClN2O5S2. The first-order chi connectivity index (χ1) is 13.4. The lowest BCUT2D eigenvalue weighted by Crippen LogP contribution is -2.18. The molecule has 0 atom stereocenters. The Morgan fingerprint density at radius 2 is 1.82 bits per heavy atom. The molecule has 0 saturated heterocycles. The van der Waals surface area contributed by atoms with Crippen LogP contribution in [0.15, 0.2) is 58.8 Å². The number of anilines is 2. The van der Waals surface area contributed by atoms with Gasteiger partial charge in [0, 0.05) is 11.8 Å². The van der Waals surface area contributed by atoms with Crippen LogP contribution < -0.4 is 19.5 Å². The Morgan fingerprint density at radius 1 is 1.04 bits per heavy atom. The second-order valence-corrected chi connectivity index (χ2v) is 9.36. The molecule has 0 bridgehead atoms. The number of para-hydroxylation sites is 1. The first kappa shape index (κ1) is 18.6. The van der Waals surface area contributed by atoms with Crippen LogP contribution in [-0.2, 0) is 10.0 Å². The molecule has 0 unspecified atom stereocenters. The third kappa shape index (κ3) is 3.77. The van der Waals surface area contributed by atoms with Crippen molar-refractivity contribution < 1.29 is 22.7 Å². The van der Waals surface area contributed by atoms with Crippen LogP contribution in [0.1, 0.15) is 10.4 Å². The summed E-state index contributed by atoms with van der Waals surface area (Å²) in [6, 6.07) is 14.2. The fraction of sp³-hybridized carbons (Fsp3) is 0.0556. The predicted octanol–water partition coefficient (Wildman–Crippen LogP) is 4.18. The van der Waals surface area contributed by atoms with Crippen molar-refractivity contribution in [3.05, 3.63) is 64.5 Å². The molecule has 4 rings (SSSR count). The van der Waals surface area contributed by atoms with E-state index in [4.69, 9.17) is 21.1 Å². The lowest BCUT2D eigenvalue weighted by molar-refractivity contribution is 0.102. The molecule has 0 saturated carbocycles. The van der Waals surface area contributed by atoms with Crippen LogP contribution in [0.5, 0.6) is 11.5 Å². The van der Waals surface area contributed by atoms with E-state index >= 15 is 0 Å². The Balaban J connectivity index is 1.58. The second kappa shape index (κ2) is 7.34. The maximum Gasteiger partial charge on any atom is 0.271 e. The van der Waals surface area contributed by atoms with Gasteiger partial charge >= 0.3 is 0 Å². The van der Waals surface area contributed by atoms with E-state index in [9.17, 15) is 13.2 Å². The number of carbonyl (C=O) groups is 1. The minimum Gasteiger partial charge on any atom is -0.454 e. The van der Waals surface area contributed by atoms with Gasteiger partial charge in [0.25, 0.3) is 15.9 Å². The number of nitrogens with one attached hydrogen (secondary N) is 2. The van der Waals surface area contributed by atoms with Gasteiger partial charge in [-0.25, -0.2) is 8.42 Å². The Morgan fingerprint density at radius 3 is 2.61 bits per heavy atom. The first-order valence-corrected chi connectivity index (χ1v) is 10.7. The van der Waals surface area contributed by atoms with Crippen molar-refractivity contribution in [1.82, 2.24) is 0 Å². The molecule has 0 radical (unpaired) electrons. The van der Waals surface area contributed by atoms with E-state index in [1.807, 2.05) is 0 Å². The summed E-state index contributed by atoms with van der Waals surface area (Å²) in [5.74, 6) is 0.656. The van der Waals surface area contributed by atoms with E-state index in [-0.39, 0.29) is 22.3 Å². The number of fused-ring (bicyclic) bond motifs is 1. The molecular weight excluding hydrogens is 424 g/mol. The van der Waals surface area contributed by atoms with E-state index in [2.05, 4.69) is 10.0 Å². The SMILES string of the molecule is O=C(Nc1ccc2c(c1)OCO2)c1ccccc1NS(=O)(=O)c1ccc(Cl)s1. The van der Waals surface area contributed by atoms with Gasteiger partial charge in [0.2, 0.25) is 6.79 Å². The molecule has 2 N–H and O–H groups in total. The van der Waals surface area contributed by atoms with E-state index < -0.39 is 15.9 Å². The van der Waals surface area contributed by atoms with Crippen molar-refractivity contribution in [3.8, 4) is 11.5 Å². The third-order valence-electron chi connectivity index (χ3n) is 3.86. The lowest BCUT2D eigenvalue weighted by Gasteiger charge is -2.12. The zero-order chi connectivity index (χ0) is 19.7. The van der Waals surface area contributed by atoms with E-state index in [0.29, 0.717) is 21.5 Å². The number of sulfonamides is 1. The molecule has 0 aliphatic carbocycles. The van der Waals surface area contributed by atoms with Gasteiger partial charge in [-0.05, 0) is 36.4 Å². The highest BCUT2D eigenvalue weighted by Crippen LogP contribution is 2.34. The summed E-state index contributed by atoms with van der Waals surface area (Å²) in [6.07, 6.45) is 0. The number of hydrogen-bond donors (Lipinski definition) is 2. The molecule has 0 fully saturated rings. The molecule has 10 heteroatoms. The van der Waals surface area contributed by atoms with Gasteiger partial charge in [0.15, 0.2) is 11.5 Å². The Kier molecular flexibility index (Phi) is 4.88. The molecule has 1 amide bonds. The first-order valence-electron chi connectivity index (χ1n) is 8.00. The van der Waals surface area contributed by atoms with Crippen LogP contribution in [-0.4, -0.2) is 21.1 Å². The molecule has 2 heterocycles. The number of carbonyl (C=O) groups excluding carboxylic acids is 1. The summed E-state index contributed by atoms with van der Waals surface area (Å²) in [4.78, 5) is 12.7. The second-order valence-electron chi connectivity index (χ2n) is 5.73. The Labute approximate surface area is 169 Å². The third-order valence-corrected chi connectivity index (χ3v) is 6.95. The molecule has 7 nitrogen and oxygen atoms in total. The largest absolute Gasteiger partial charge is 0.454 e. The maximum atomic E-state index is 12.7. The highest BCUT2D eigenvalue weighted by Gasteiger charge is 2.21. The van der Waals surface area contributed by atoms with Crippen LogP contribution in [0.25, 0.3) is 0 Å². The van der Waals surface area contributed by atoms with Crippen LogP contribution in [0.4, 0.5) is 11.4 Å². The molecule has 144 valence electrons. The van der Waals surface area contributed by atoms with Gasteiger partial charge in [-0.15, -0.1) is 11.3 Å². The molecule has 1 aromatic heterocycles. The van der Waals surface area contributed by atoms with Crippen LogP contribution in [0.2, 0.25) is 4.34 Å². The van der Waals surface area contributed by atoms with Gasteiger partial charge < -0.3 is 14.8 Å². The van der Waals surface area contributed by atoms with Crippen molar-refractivity contribution in [2.24, 2.45) is 0 Å². The minimum atomic E-state index is -3.86. The topological polar surface area (TPSA) is 93.7 Å². The van der Waals surface area contributed by atoms with Crippen LogP contribution >= 0.6 is 22.9 Å². The van der Waals surface area contributed by atoms with Gasteiger partial charge in [-0.2, -0.15) is 0 Å². The van der Waals surface area contributed by atoms with E-state index in [1.165, 1.54) is 24.3 Å². The highest BCUT2D eigenvalue weighted by atomic mass is 35.5. The molecule has 3 aromatic rings. The highest BCUT2D eigenvalue weighted by molar-refractivity contribution is 7.94. The number of hydrogen-bond acceptors (Lipinski definition) is 6. The van der Waals surface area contributed by atoms with E-state index in [1.54, 1.807) is 30.3 Å². The molecule has 2 aromatic carbocycles.